The molecule has 0 aromatic carbocycles. The molecule has 1 N–H and O–H groups in total. The number of ether oxygens (including phenoxy) is 1. The van der Waals surface area contributed by atoms with Gasteiger partial charge in [-0.15, -0.1) is 0 Å². The second-order valence-corrected chi connectivity index (χ2v) is 2.59. The molecule has 1 rings (SSSR count). The van der Waals surface area contributed by atoms with Crippen LogP contribution in [-0.2, 0) is 4.74 Å². The Morgan fingerprint density at radius 1 is 1.45 bits per heavy atom. The summed E-state index contributed by atoms with van der Waals surface area (Å²) in [6, 6.07) is 0. The molecule has 0 aliphatic carbocycles. The van der Waals surface area contributed by atoms with Crippen LogP contribution in [0.3, 0.4) is 0 Å². The SMILES string of the molecule is C/C=C/C(O)N1CCOCC1. The monoisotopic (exact) mass is 157 g/mol. The highest BCUT2D eigenvalue weighted by molar-refractivity contribution is 4.86. The van der Waals surface area contributed by atoms with Gasteiger partial charge in [0.05, 0.1) is 13.2 Å². The summed E-state index contributed by atoms with van der Waals surface area (Å²) in [7, 11) is 0. The molecule has 0 spiro atoms. The van der Waals surface area contributed by atoms with Gasteiger partial charge in [0, 0.05) is 13.1 Å². The van der Waals surface area contributed by atoms with Crippen molar-refractivity contribution in [1.82, 2.24) is 4.90 Å². The highest BCUT2D eigenvalue weighted by Crippen LogP contribution is 2.01. The van der Waals surface area contributed by atoms with Crippen LogP contribution in [0, 0.1) is 0 Å². The van der Waals surface area contributed by atoms with Crippen molar-refractivity contribution in [1.29, 1.82) is 0 Å². The Balaban J connectivity index is 2.32. The van der Waals surface area contributed by atoms with E-state index in [1.165, 1.54) is 0 Å². The summed E-state index contributed by atoms with van der Waals surface area (Å²) in [5, 5.41) is 9.46. The number of hydrogen-bond acceptors (Lipinski definition) is 3. The van der Waals surface area contributed by atoms with Gasteiger partial charge in [0.25, 0.3) is 0 Å². The predicted octanol–water partition coefficient (Wildman–Crippen LogP) is 0.213. The van der Waals surface area contributed by atoms with E-state index in [2.05, 4.69) is 0 Å². The van der Waals surface area contributed by atoms with Gasteiger partial charge in [-0.2, -0.15) is 0 Å². The Kier molecular flexibility index (Phi) is 3.56. The smallest absolute Gasteiger partial charge is 0.126 e. The average molecular weight is 157 g/mol. The molecule has 3 nitrogen and oxygen atoms in total. The minimum atomic E-state index is -0.427. The van der Waals surface area contributed by atoms with E-state index in [1.807, 2.05) is 17.9 Å². The first-order chi connectivity index (χ1) is 5.34. The van der Waals surface area contributed by atoms with Gasteiger partial charge in [-0.3, -0.25) is 4.90 Å². The molecule has 1 saturated heterocycles. The third kappa shape index (κ3) is 2.61. The van der Waals surface area contributed by atoms with Crippen molar-refractivity contribution in [3.63, 3.8) is 0 Å². The van der Waals surface area contributed by atoms with Gasteiger partial charge < -0.3 is 9.84 Å². The summed E-state index contributed by atoms with van der Waals surface area (Å²) in [5.74, 6) is 0. The maximum absolute atomic E-state index is 9.46. The second-order valence-electron chi connectivity index (χ2n) is 2.59. The summed E-state index contributed by atoms with van der Waals surface area (Å²) < 4.78 is 5.15. The molecule has 3 heteroatoms. The van der Waals surface area contributed by atoms with Crippen LogP contribution in [0.2, 0.25) is 0 Å². The van der Waals surface area contributed by atoms with Crippen LogP contribution in [0.4, 0.5) is 0 Å². The first-order valence-corrected chi connectivity index (χ1v) is 3.97. The van der Waals surface area contributed by atoms with E-state index in [-0.39, 0.29) is 0 Å². The summed E-state index contributed by atoms with van der Waals surface area (Å²) in [6.07, 6.45) is 3.22. The largest absolute Gasteiger partial charge is 0.379 e. The molecule has 0 bridgehead atoms. The third-order valence-corrected chi connectivity index (χ3v) is 1.78. The standard InChI is InChI=1S/C8H15NO2/c1-2-3-8(10)9-4-6-11-7-5-9/h2-3,8,10H,4-7H2,1H3/b3-2+. The summed E-state index contributed by atoms with van der Waals surface area (Å²) in [5.41, 5.74) is 0. The molecule has 1 aliphatic rings. The molecule has 0 amide bonds. The molecular formula is C8H15NO2. The van der Waals surface area contributed by atoms with Crippen molar-refractivity contribution in [3.8, 4) is 0 Å². The second kappa shape index (κ2) is 4.49. The van der Waals surface area contributed by atoms with E-state index in [4.69, 9.17) is 4.74 Å². The van der Waals surface area contributed by atoms with Gasteiger partial charge in [0.1, 0.15) is 6.23 Å². The minimum absolute atomic E-state index is 0.427. The Labute approximate surface area is 67.3 Å². The topological polar surface area (TPSA) is 32.7 Å². The van der Waals surface area contributed by atoms with Crippen molar-refractivity contribution in [2.24, 2.45) is 0 Å². The van der Waals surface area contributed by atoms with Crippen LogP contribution in [0.15, 0.2) is 12.2 Å². The van der Waals surface area contributed by atoms with E-state index in [0.717, 1.165) is 26.3 Å². The molecule has 1 heterocycles. The van der Waals surface area contributed by atoms with Crippen LogP contribution >= 0.6 is 0 Å². The molecule has 0 radical (unpaired) electrons. The molecule has 0 saturated carbocycles. The summed E-state index contributed by atoms with van der Waals surface area (Å²) in [4.78, 5) is 1.99. The number of hydrogen-bond donors (Lipinski definition) is 1. The molecular weight excluding hydrogens is 142 g/mol. The van der Waals surface area contributed by atoms with Crippen molar-refractivity contribution >= 4 is 0 Å². The average Bonchev–Trinajstić information content (AvgIpc) is 2.07. The van der Waals surface area contributed by atoms with E-state index >= 15 is 0 Å². The van der Waals surface area contributed by atoms with E-state index in [1.54, 1.807) is 6.08 Å². The Morgan fingerprint density at radius 2 is 2.09 bits per heavy atom. The molecule has 1 atom stereocenters. The maximum Gasteiger partial charge on any atom is 0.126 e. The lowest BCUT2D eigenvalue weighted by Crippen LogP contribution is -2.42. The molecule has 1 aliphatic heterocycles. The molecule has 1 fully saturated rings. The van der Waals surface area contributed by atoms with Gasteiger partial charge in [0.15, 0.2) is 0 Å². The number of aliphatic hydroxyl groups is 1. The fourth-order valence-corrected chi connectivity index (χ4v) is 1.14. The lowest BCUT2D eigenvalue weighted by atomic mass is 10.3. The van der Waals surface area contributed by atoms with Gasteiger partial charge in [0.2, 0.25) is 0 Å². The first kappa shape index (κ1) is 8.71. The number of nitrogens with zero attached hydrogens (tertiary/aromatic N) is 1. The lowest BCUT2D eigenvalue weighted by molar-refractivity contribution is -0.0359. The third-order valence-electron chi connectivity index (χ3n) is 1.78. The lowest BCUT2D eigenvalue weighted by Gasteiger charge is -2.29. The fourth-order valence-electron chi connectivity index (χ4n) is 1.14. The van der Waals surface area contributed by atoms with Crippen LogP contribution < -0.4 is 0 Å². The Hall–Kier alpha value is -0.380. The quantitative estimate of drug-likeness (QED) is 0.582. The number of aliphatic hydroxyl groups excluding tert-OH is 1. The van der Waals surface area contributed by atoms with Crippen LogP contribution in [-0.4, -0.2) is 42.5 Å². The van der Waals surface area contributed by atoms with Crippen molar-refractivity contribution in [2.45, 2.75) is 13.2 Å². The number of rotatable bonds is 2. The Bertz CT molecular complexity index is 130. The summed E-state index contributed by atoms with van der Waals surface area (Å²) in [6.45, 7) is 5.02. The zero-order valence-corrected chi connectivity index (χ0v) is 6.86. The van der Waals surface area contributed by atoms with Gasteiger partial charge >= 0.3 is 0 Å². The normalized spacial score (nSPS) is 24.2. The van der Waals surface area contributed by atoms with Gasteiger partial charge in [-0.1, -0.05) is 6.08 Å². The van der Waals surface area contributed by atoms with Crippen molar-refractivity contribution in [3.05, 3.63) is 12.2 Å². The van der Waals surface area contributed by atoms with Crippen LogP contribution in [0.1, 0.15) is 6.92 Å². The van der Waals surface area contributed by atoms with Crippen molar-refractivity contribution in [2.75, 3.05) is 26.3 Å². The molecule has 64 valence electrons. The molecule has 0 aromatic heterocycles. The van der Waals surface area contributed by atoms with E-state index < -0.39 is 6.23 Å². The number of allylic oxidation sites excluding steroid dienone is 1. The zero-order chi connectivity index (χ0) is 8.10. The molecule has 0 aromatic rings. The van der Waals surface area contributed by atoms with Crippen molar-refractivity contribution < 1.29 is 9.84 Å². The van der Waals surface area contributed by atoms with Gasteiger partial charge in [-0.05, 0) is 13.0 Å². The fraction of sp³-hybridized carbons (Fsp3) is 0.750. The van der Waals surface area contributed by atoms with Crippen LogP contribution in [0.25, 0.3) is 0 Å². The minimum Gasteiger partial charge on any atom is -0.379 e. The Morgan fingerprint density at radius 3 is 2.64 bits per heavy atom. The molecule has 1 unspecified atom stereocenters. The number of morpholine rings is 1. The first-order valence-electron chi connectivity index (χ1n) is 3.97. The highest BCUT2D eigenvalue weighted by atomic mass is 16.5. The van der Waals surface area contributed by atoms with E-state index in [0.29, 0.717) is 0 Å². The predicted molar refractivity (Wildman–Crippen MR) is 43.2 cm³/mol. The van der Waals surface area contributed by atoms with E-state index in [9.17, 15) is 5.11 Å². The van der Waals surface area contributed by atoms with Crippen LogP contribution in [0.5, 0.6) is 0 Å². The zero-order valence-electron chi connectivity index (χ0n) is 6.86. The summed E-state index contributed by atoms with van der Waals surface area (Å²) >= 11 is 0. The highest BCUT2D eigenvalue weighted by Gasteiger charge is 2.15. The maximum atomic E-state index is 9.46. The van der Waals surface area contributed by atoms with Gasteiger partial charge in [-0.25, -0.2) is 0 Å². The molecule has 11 heavy (non-hydrogen) atoms.